The average Bonchev–Trinajstić information content (AvgIpc) is 2.34. The second-order valence-corrected chi connectivity index (χ2v) is 4.92. The van der Waals surface area contributed by atoms with Crippen LogP contribution in [-0.2, 0) is 4.79 Å². The number of nitrogens with one attached hydrogen (secondary N) is 2. The molecular formula is C13H19BrN2O. The smallest absolute Gasteiger partial charge is 0.233 e. The maximum Gasteiger partial charge on any atom is 0.233 e. The van der Waals surface area contributed by atoms with Crippen LogP contribution in [0.3, 0.4) is 0 Å². The Hall–Kier alpha value is -0.870. The van der Waals surface area contributed by atoms with Gasteiger partial charge < -0.3 is 10.6 Å². The van der Waals surface area contributed by atoms with Crippen molar-refractivity contribution in [2.45, 2.75) is 26.3 Å². The molecule has 1 aromatic rings. The zero-order valence-electron chi connectivity index (χ0n) is 10.3. The van der Waals surface area contributed by atoms with Gasteiger partial charge in [-0.15, -0.1) is 0 Å². The van der Waals surface area contributed by atoms with Crippen LogP contribution < -0.4 is 10.6 Å². The summed E-state index contributed by atoms with van der Waals surface area (Å²) in [5, 5.41) is 6.04. The summed E-state index contributed by atoms with van der Waals surface area (Å²) >= 11 is 3.40. The lowest BCUT2D eigenvalue weighted by Crippen LogP contribution is -2.35. The molecule has 0 radical (unpaired) electrons. The Morgan fingerprint density at radius 2 is 2.00 bits per heavy atom. The lowest BCUT2D eigenvalue weighted by Gasteiger charge is -2.14. The first-order valence-electron chi connectivity index (χ1n) is 5.89. The van der Waals surface area contributed by atoms with E-state index in [1.54, 1.807) is 0 Å². The normalized spacial score (nSPS) is 12.2. The molecule has 0 bridgehead atoms. The molecular weight excluding hydrogens is 280 g/mol. The van der Waals surface area contributed by atoms with Gasteiger partial charge in [0.05, 0.1) is 6.54 Å². The van der Waals surface area contributed by atoms with E-state index in [2.05, 4.69) is 33.5 Å². The molecule has 1 unspecified atom stereocenters. The lowest BCUT2D eigenvalue weighted by molar-refractivity contribution is -0.120. The third kappa shape index (κ3) is 5.33. The number of amides is 1. The maximum atomic E-state index is 11.4. The summed E-state index contributed by atoms with van der Waals surface area (Å²) < 4.78 is 1.06. The third-order valence-electron chi connectivity index (χ3n) is 2.51. The van der Waals surface area contributed by atoms with Gasteiger partial charge in [-0.05, 0) is 31.0 Å². The molecule has 3 nitrogen and oxygen atoms in total. The molecule has 94 valence electrons. The van der Waals surface area contributed by atoms with E-state index in [4.69, 9.17) is 0 Å². The van der Waals surface area contributed by atoms with Crippen molar-refractivity contribution in [2.75, 3.05) is 13.1 Å². The Kier molecular flexibility index (Phi) is 6.22. The van der Waals surface area contributed by atoms with E-state index in [-0.39, 0.29) is 11.9 Å². The summed E-state index contributed by atoms with van der Waals surface area (Å²) in [6, 6.07) is 8.28. The van der Waals surface area contributed by atoms with E-state index in [1.807, 2.05) is 31.2 Å². The van der Waals surface area contributed by atoms with E-state index >= 15 is 0 Å². The van der Waals surface area contributed by atoms with Crippen LogP contribution in [0.2, 0.25) is 0 Å². The van der Waals surface area contributed by atoms with Crippen LogP contribution in [0.25, 0.3) is 0 Å². The molecule has 4 heteroatoms. The molecule has 0 aliphatic rings. The highest BCUT2D eigenvalue weighted by molar-refractivity contribution is 9.10. The maximum absolute atomic E-state index is 11.4. The molecule has 0 fully saturated rings. The van der Waals surface area contributed by atoms with E-state index in [0.29, 0.717) is 6.54 Å². The predicted molar refractivity (Wildman–Crippen MR) is 73.9 cm³/mol. The van der Waals surface area contributed by atoms with Crippen molar-refractivity contribution in [2.24, 2.45) is 0 Å². The number of carbonyl (C=O) groups is 1. The number of hydrogen-bond donors (Lipinski definition) is 2. The highest BCUT2D eigenvalue weighted by Crippen LogP contribution is 2.16. The van der Waals surface area contributed by atoms with Gasteiger partial charge in [-0.1, -0.05) is 35.0 Å². The Labute approximate surface area is 111 Å². The van der Waals surface area contributed by atoms with Crippen molar-refractivity contribution in [3.63, 3.8) is 0 Å². The average molecular weight is 299 g/mol. The summed E-state index contributed by atoms with van der Waals surface area (Å²) in [6.45, 7) is 5.19. The van der Waals surface area contributed by atoms with Gasteiger partial charge in [0.15, 0.2) is 0 Å². The summed E-state index contributed by atoms with van der Waals surface area (Å²) in [5.74, 6) is 0.0517. The van der Waals surface area contributed by atoms with E-state index in [9.17, 15) is 4.79 Å². The molecule has 0 saturated heterocycles. The monoisotopic (exact) mass is 298 g/mol. The quantitative estimate of drug-likeness (QED) is 0.848. The first kappa shape index (κ1) is 14.2. The Morgan fingerprint density at radius 3 is 2.59 bits per heavy atom. The van der Waals surface area contributed by atoms with Crippen LogP contribution in [0.1, 0.15) is 31.9 Å². The van der Waals surface area contributed by atoms with Crippen molar-refractivity contribution >= 4 is 21.8 Å². The van der Waals surface area contributed by atoms with Gasteiger partial charge in [-0.2, -0.15) is 0 Å². The van der Waals surface area contributed by atoms with Crippen LogP contribution in [0, 0.1) is 0 Å². The van der Waals surface area contributed by atoms with Crippen molar-refractivity contribution in [1.29, 1.82) is 0 Å². The van der Waals surface area contributed by atoms with Gasteiger partial charge in [0.25, 0.3) is 0 Å². The fourth-order valence-electron chi connectivity index (χ4n) is 1.44. The van der Waals surface area contributed by atoms with Crippen molar-refractivity contribution in [1.82, 2.24) is 10.6 Å². The van der Waals surface area contributed by atoms with Crippen LogP contribution >= 0.6 is 15.9 Å². The van der Waals surface area contributed by atoms with E-state index in [1.165, 1.54) is 5.56 Å². The van der Waals surface area contributed by atoms with E-state index < -0.39 is 0 Å². The van der Waals surface area contributed by atoms with Gasteiger partial charge in [0, 0.05) is 17.1 Å². The van der Waals surface area contributed by atoms with Gasteiger partial charge in [-0.25, -0.2) is 0 Å². The second-order valence-electron chi connectivity index (χ2n) is 4.00. The van der Waals surface area contributed by atoms with Crippen LogP contribution in [0.4, 0.5) is 0 Å². The number of hydrogen-bond acceptors (Lipinski definition) is 2. The van der Waals surface area contributed by atoms with E-state index in [0.717, 1.165) is 17.4 Å². The van der Waals surface area contributed by atoms with Gasteiger partial charge in [0.1, 0.15) is 0 Å². The predicted octanol–water partition coefficient (Wildman–Crippen LogP) is 2.63. The van der Waals surface area contributed by atoms with Crippen molar-refractivity contribution in [3.05, 3.63) is 34.3 Å². The molecule has 0 heterocycles. The van der Waals surface area contributed by atoms with Gasteiger partial charge in [0.2, 0.25) is 5.91 Å². The molecule has 0 spiro atoms. The highest BCUT2D eigenvalue weighted by atomic mass is 79.9. The zero-order valence-corrected chi connectivity index (χ0v) is 11.9. The third-order valence-corrected chi connectivity index (χ3v) is 3.04. The molecule has 0 aliphatic carbocycles. The van der Waals surface area contributed by atoms with Gasteiger partial charge >= 0.3 is 0 Å². The summed E-state index contributed by atoms with van der Waals surface area (Å²) in [6.07, 6.45) is 0.966. The number of carbonyl (C=O) groups excluding carboxylic acids is 1. The van der Waals surface area contributed by atoms with Gasteiger partial charge in [-0.3, -0.25) is 4.79 Å². The zero-order chi connectivity index (χ0) is 12.7. The van der Waals surface area contributed by atoms with Crippen LogP contribution in [0.5, 0.6) is 0 Å². The Bertz CT molecular complexity index is 351. The summed E-state index contributed by atoms with van der Waals surface area (Å²) in [4.78, 5) is 11.4. The fourth-order valence-corrected chi connectivity index (χ4v) is 1.71. The first-order chi connectivity index (χ1) is 8.13. The topological polar surface area (TPSA) is 41.1 Å². The van der Waals surface area contributed by atoms with Crippen LogP contribution in [-0.4, -0.2) is 19.0 Å². The first-order valence-corrected chi connectivity index (χ1v) is 6.68. The largest absolute Gasteiger partial charge is 0.355 e. The molecule has 1 rings (SSSR count). The molecule has 1 amide bonds. The fraction of sp³-hybridized carbons (Fsp3) is 0.462. The molecule has 1 aromatic carbocycles. The standard InChI is InChI=1S/C13H19BrN2O/c1-3-8-15-13(17)9-16-10(2)11-4-6-12(14)7-5-11/h4-7,10,16H,3,8-9H2,1-2H3,(H,15,17). The minimum atomic E-state index is 0.0517. The minimum absolute atomic E-state index is 0.0517. The molecule has 0 aliphatic heterocycles. The number of rotatable bonds is 6. The summed E-state index contributed by atoms with van der Waals surface area (Å²) in [7, 11) is 0. The molecule has 2 N–H and O–H groups in total. The number of benzene rings is 1. The second kappa shape index (κ2) is 7.45. The van der Waals surface area contributed by atoms with Crippen molar-refractivity contribution in [3.8, 4) is 0 Å². The highest BCUT2D eigenvalue weighted by Gasteiger charge is 2.06. The van der Waals surface area contributed by atoms with Crippen LogP contribution in [0.15, 0.2) is 28.7 Å². The SMILES string of the molecule is CCCNC(=O)CNC(C)c1ccc(Br)cc1. The van der Waals surface area contributed by atoms with Crippen molar-refractivity contribution < 1.29 is 4.79 Å². The minimum Gasteiger partial charge on any atom is -0.355 e. The Balaban J connectivity index is 2.36. The lowest BCUT2D eigenvalue weighted by atomic mass is 10.1. The molecule has 0 saturated carbocycles. The molecule has 17 heavy (non-hydrogen) atoms. The molecule has 0 aromatic heterocycles. The molecule has 1 atom stereocenters. The number of halogens is 1. The Morgan fingerprint density at radius 1 is 1.35 bits per heavy atom. The summed E-state index contributed by atoms with van der Waals surface area (Å²) in [5.41, 5.74) is 1.18.